The van der Waals surface area contributed by atoms with Crippen LogP contribution in [-0.4, -0.2) is 31.7 Å². The molecule has 0 saturated carbocycles. The van der Waals surface area contributed by atoms with Crippen molar-refractivity contribution in [2.45, 2.75) is 37.6 Å². The lowest BCUT2D eigenvalue weighted by atomic mass is 10.1. The summed E-state index contributed by atoms with van der Waals surface area (Å²) >= 11 is 0. The Hall–Kier alpha value is -2.25. The molecule has 2 aromatic carbocycles. The average molecular weight is 390 g/mol. The van der Waals surface area contributed by atoms with E-state index < -0.39 is 10.0 Å². The van der Waals surface area contributed by atoms with Crippen molar-refractivity contribution in [2.24, 2.45) is 0 Å². The molecule has 27 heavy (non-hydrogen) atoms. The van der Waals surface area contributed by atoms with Gasteiger partial charge in [-0.05, 0) is 54.3 Å². The molecular formula is C20H23FN2O3S. The number of nitrogens with zero attached hydrogens (tertiary/aromatic N) is 1. The number of carbonyl (C=O) groups is 1. The van der Waals surface area contributed by atoms with Crippen molar-refractivity contribution in [3.8, 4) is 0 Å². The summed E-state index contributed by atoms with van der Waals surface area (Å²) in [7, 11) is -3.63. The Labute approximate surface area is 159 Å². The van der Waals surface area contributed by atoms with Crippen LogP contribution in [0.1, 0.15) is 47.8 Å². The van der Waals surface area contributed by atoms with Crippen LogP contribution in [0.5, 0.6) is 0 Å². The molecule has 0 aliphatic heterocycles. The minimum Gasteiger partial charge on any atom is -0.345 e. The van der Waals surface area contributed by atoms with Gasteiger partial charge in [-0.15, -0.1) is 0 Å². The van der Waals surface area contributed by atoms with E-state index in [4.69, 9.17) is 0 Å². The number of nitrogens with one attached hydrogen (secondary N) is 1. The van der Waals surface area contributed by atoms with Crippen molar-refractivity contribution in [1.29, 1.82) is 0 Å². The summed E-state index contributed by atoms with van der Waals surface area (Å²) in [4.78, 5) is 12.8. The zero-order valence-corrected chi connectivity index (χ0v) is 16.2. The van der Waals surface area contributed by atoms with Crippen LogP contribution in [0.2, 0.25) is 0 Å². The van der Waals surface area contributed by atoms with E-state index in [9.17, 15) is 17.6 Å². The van der Waals surface area contributed by atoms with Crippen molar-refractivity contribution in [2.75, 3.05) is 13.1 Å². The van der Waals surface area contributed by atoms with E-state index in [0.717, 1.165) is 11.1 Å². The second-order valence-electron chi connectivity index (χ2n) is 6.53. The summed E-state index contributed by atoms with van der Waals surface area (Å²) in [5.41, 5.74) is 2.11. The zero-order chi connectivity index (χ0) is 19.6. The Bertz CT molecular complexity index is 955. The summed E-state index contributed by atoms with van der Waals surface area (Å²) in [5, 5.41) is 2.94. The second kappa shape index (κ2) is 7.78. The Morgan fingerprint density at radius 2 is 1.93 bits per heavy atom. The molecule has 2 aromatic rings. The van der Waals surface area contributed by atoms with E-state index in [1.54, 1.807) is 32.0 Å². The molecule has 144 valence electrons. The molecule has 0 bridgehead atoms. The monoisotopic (exact) mass is 390 g/mol. The normalized spacial score (nSPS) is 16.4. The van der Waals surface area contributed by atoms with Gasteiger partial charge in [0.1, 0.15) is 5.82 Å². The van der Waals surface area contributed by atoms with Gasteiger partial charge in [-0.1, -0.05) is 26.0 Å². The van der Waals surface area contributed by atoms with Gasteiger partial charge in [0.2, 0.25) is 10.0 Å². The first kappa shape index (κ1) is 19.5. The molecule has 0 saturated heterocycles. The number of carbonyl (C=O) groups excluding carboxylic acids is 1. The predicted octanol–water partition coefficient (Wildman–Crippen LogP) is 3.27. The summed E-state index contributed by atoms with van der Waals surface area (Å²) < 4.78 is 40.0. The Morgan fingerprint density at radius 3 is 2.63 bits per heavy atom. The van der Waals surface area contributed by atoms with E-state index >= 15 is 0 Å². The highest BCUT2D eigenvalue weighted by Gasteiger charge is 2.26. The van der Waals surface area contributed by atoms with Gasteiger partial charge in [0, 0.05) is 18.7 Å². The number of benzene rings is 2. The smallest absolute Gasteiger partial charge is 0.251 e. The first-order valence-corrected chi connectivity index (χ1v) is 10.5. The summed E-state index contributed by atoms with van der Waals surface area (Å²) in [6.45, 7) is 4.28. The molecule has 1 atom stereocenters. The van der Waals surface area contributed by atoms with Gasteiger partial charge in [-0.3, -0.25) is 4.79 Å². The van der Waals surface area contributed by atoms with Crippen LogP contribution in [0.15, 0.2) is 47.4 Å². The van der Waals surface area contributed by atoms with Gasteiger partial charge in [-0.25, -0.2) is 12.8 Å². The zero-order valence-electron chi connectivity index (χ0n) is 15.4. The molecule has 1 unspecified atom stereocenters. The summed E-state index contributed by atoms with van der Waals surface area (Å²) in [6, 6.07) is 10.5. The number of aryl methyl sites for hydroxylation is 1. The van der Waals surface area contributed by atoms with Crippen LogP contribution in [-0.2, 0) is 16.4 Å². The quantitative estimate of drug-likeness (QED) is 0.823. The van der Waals surface area contributed by atoms with E-state index in [-0.39, 0.29) is 22.7 Å². The molecule has 7 heteroatoms. The molecule has 0 radical (unpaired) electrons. The van der Waals surface area contributed by atoms with Crippen molar-refractivity contribution in [3.63, 3.8) is 0 Å². The maximum atomic E-state index is 13.3. The third kappa shape index (κ3) is 3.89. The van der Waals surface area contributed by atoms with Crippen LogP contribution in [0.25, 0.3) is 0 Å². The molecule has 0 spiro atoms. The highest BCUT2D eigenvalue weighted by molar-refractivity contribution is 7.89. The van der Waals surface area contributed by atoms with E-state index in [1.807, 2.05) is 0 Å². The van der Waals surface area contributed by atoms with Crippen LogP contribution >= 0.6 is 0 Å². The third-order valence-corrected chi connectivity index (χ3v) is 6.97. The Balaban J connectivity index is 1.81. The molecular weight excluding hydrogens is 367 g/mol. The maximum Gasteiger partial charge on any atom is 0.251 e. The first-order chi connectivity index (χ1) is 12.9. The number of sulfonamides is 1. The molecule has 0 fully saturated rings. The molecule has 1 aliphatic carbocycles. The van der Waals surface area contributed by atoms with E-state index in [1.165, 1.54) is 28.6 Å². The van der Waals surface area contributed by atoms with Crippen LogP contribution < -0.4 is 5.32 Å². The van der Waals surface area contributed by atoms with Crippen molar-refractivity contribution < 1.29 is 17.6 Å². The predicted molar refractivity (Wildman–Crippen MR) is 101 cm³/mol. The number of amides is 1. The molecule has 0 aromatic heterocycles. The van der Waals surface area contributed by atoms with Crippen molar-refractivity contribution >= 4 is 15.9 Å². The summed E-state index contributed by atoms with van der Waals surface area (Å²) in [6.07, 6.45) is 1.40. The Morgan fingerprint density at radius 1 is 1.19 bits per heavy atom. The minimum absolute atomic E-state index is 0.104. The molecule has 1 aliphatic rings. The van der Waals surface area contributed by atoms with E-state index in [2.05, 4.69) is 5.32 Å². The maximum absolute atomic E-state index is 13.3. The fourth-order valence-corrected chi connectivity index (χ4v) is 4.99. The van der Waals surface area contributed by atoms with Gasteiger partial charge < -0.3 is 5.32 Å². The topological polar surface area (TPSA) is 66.5 Å². The highest BCUT2D eigenvalue weighted by Crippen LogP contribution is 2.31. The lowest BCUT2D eigenvalue weighted by Gasteiger charge is -2.19. The van der Waals surface area contributed by atoms with Gasteiger partial charge in [0.25, 0.3) is 5.91 Å². The lowest BCUT2D eigenvalue weighted by molar-refractivity contribution is 0.0936. The fraction of sp³-hybridized carbons (Fsp3) is 0.350. The molecule has 5 nitrogen and oxygen atoms in total. The first-order valence-electron chi connectivity index (χ1n) is 9.06. The molecule has 0 heterocycles. The van der Waals surface area contributed by atoms with Gasteiger partial charge in [-0.2, -0.15) is 4.31 Å². The van der Waals surface area contributed by atoms with Gasteiger partial charge >= 0.3 is 0 Å². The number of hydrogen-bond donors (Lipinski definition) is 1. The second-order valence-corrected chi connectivity index (χ2v) is 8.46. The standard InChI is InChI=1S/C20H23FN2O3S/c1-3-23(4-2)27(25,26)17-7-5-6-15(13-17)20(24)22-19-11-8-14-12-16(21)9-10-18(14)19/h5-7,9-10,12-13,19H,3-4,8,11H2,1-2H3,(H,22,24). The molecule has 3 rings (SSSR count). The third-order valence-electron chi connectivity index (χ3n) is 4.93. The lowest BCUT2D eigenvalue weighted by Crippen LogP contribution is -2.31. The van der Waals surface area contributed by atoms with E-state index in [0.29, 0.717) is 31.5 Å². The minimum atomic E-state index is -3.63. The van der Waals surface area contributed by atoms with Gasteiger partial charge in [0.05, 0.1) is 10.9 Å². The van der Waals surface area contributed by atoms with Crippen LogP contribution in [0, 0.1) is 5.82 Å². The van der Waals surface area contributed by atoms with Crippen LogP contribution in [0.4, 0.5) is 4.39 Å². The SMILES string of the molecule is CCN(CC)S(=O)(=O)c1cccc(C(=O)NC2CCc3cc(F)ccc32)c1. The number of hydrogen-bond acceptors (Lipinski definition) is 3. The number of rotatable bonds is 6. The van der Waals surface area contributed by atoms with Gasteiger partial charge in [0.15, 0.2) is 0 Å². The summed E-state index contributed by atoms with van der Waals surface area (Å²) in [5.74, 6) is -0.621. The van der Waals surface area contributed by atoms with Crippen molar-refractivity contribution in [1.82, 2.24) is 9.62 Å². The van der Waals surface area contributed by atoms with Crippen molar-refractivity contribution in [3.05, 3.63) is 65.0 Å². The Kier molecular flexibility index (Phi) is 5.62. The van der Waals surface area contributed by atoms with Crippen LogP contribution in [0.3, 0.4) is 0 Å². The molecule has 1 amide bonds. The number of fused-ring (bicyclic) bond motifs is 1. The highest BCUT2D eigenvalue weighted by atomic mass is 32.2. The molecule has 1 N–H and O–H groups in total. The fourth-order valence-electron chi connectivity index (χ4n) is 3.49. The average Bonchev–Trinajstić information content (AvgIpc) is 3.04. The largest absolute Gasteiger partial charge is 0.345 e. The number of halogens is 1.